The van der Waals surface area contributed by atoms with E-state index < -0.39 is 17.1 Å². The number of hydrogen-bond donors (Lipinski definition) is 0. The van der Waals surface area contributed by atoms with Crippen LogP contribution in [0, 0.1) is 13.8 Å². The van der Waals surface area contributed by atoms with Crippen LogP contribution in [0.3, 0.4) is 0 Å². The zero-order chi connectivity index (χ0) is 23.4. The van der Waals surface area contributed by atoms with Gasteiger partial charge in [-0.2, -0.15) is 0 Å². The first-order chi connectivity index (χ1) is 14.9. The molecule has 1 aliphatic heterocycles. The van der Waals surface area contributed by atoms with Crippen molar-refractivity contribution >= 4 is 34.1 Å². The number of ketones is 2. The van der Waals surface area contributed by atoms with Gasteiger partial charge >= 0.3 is 0 Å². The van der Waals surface area contributed by atoms with Crippen molar-refractivity contribution in [1.29, 1.82) is 0 Å². The smallest absolute Gasteiger partial charge is 0.219 e. The molecule has 1 aliphatic rings. The number of rotatable bonds is 3. The first kappa shape index (κ1) is 22.4. The molecule has 0 unspecified atom stereocenters. The Morgan fingerprint density at radius 2 is 1.50 bits per heavy atom. The standard InChI is InChI=1S/C26H26ClNO4/c1-14-11-18(31-20-10-7-16-13-17(27)8-9-19(16)28-20)12-15(2)21(14)22-23(29)25(3,4)32-26(5,6)24(22)30/h7-13,22H,1-6H3. The summed E-state index contributed by atoms with van der Waals surface area (Å²) in [5, 5.41) is 1.58. The fraction of sp³-hybridized carbons (Fsp3) is 0.346. The maximum atomic E-state index is 13.2. The number of aromatic nitrogens is 1. The summed E-state index contributed by atoms with van der Waals surface area (Å²) in [4.78, 5) is 30.9. The van der Waals surface area contributed by atoms with Gasteiger partial charge in [0.2, 0.25) is 5.88 Å². The number of nitrogens with zero attached hydrogens (tertiary/aromatic N) is 1. The molecule has 3 aromatic rings. The van der Waals surface area contributed by atoms with E-state index in [9.17, 15) is 9.59 Å². The number of aryl methyl sites for hydroxylation is 2. The zero-order valence-corrected chi connectivity index (χ0v) is 19.8. The minimum atomic E-state index is -1.05. The van der Waals surface area contributed by atoms with Crippen LogP contribution in [-0.4, -0.2) is 27.8 Å². The number of halogens is 1. The summed E-state index contributed by atoms with van der Waals surface area (Å²) in [5.74, 6) is -0.277. The Kier molecular flexibility index (Phi) is 5.38. The third-order valence-corrected chi connectivity index (χ3v) is 6.16. The number of carbonyl (C=O) groups is 2. The van der Waals surface area contributed by atoms with E-state index in [1.807, 2.05) is 44.2 Å². The zero-order valence-electron chi connectivity index (χ0n) is 19.1. The van der Waals surface area contributed by atoms with Crippen molar-refractivity contribution in [2.24, 2.45) is 0 Å². The van der Waals surface area contributed by atoms with Crippen LogP contribution in [0.15, 0.2) is 42.5 Å². The fourth-order valence-electron chi connectivity index (χ4n) is 4.52. The topological polar surface area (TPSA) is 65.5 Å². The second-order valence-corrected chi connectivity index (χ2v) is 9.78. The lowest BCUT2D eigenvalue weighted by atomic mass is 9.73. The molecule has 0 radical (unpaired) electrons. The van der Waals surface area contributed by atoms with Gasteiger partial charge in [0.15, 0.2) is 11.6 Å². The average Bonchev–Trinajstić information content (AvgIpc) is 2.68. The minimum absolute atomic E-state index is 0.225. The van der Waals surface area contributed by atoms with E-state index in [1.165, 1.54) is 0 Å². The minimum Gasteiger partial charge on any atom is -0.439 e. The first-order valence-electron chi connectivity index (χ1n) is 10.5. The van der Waals surface area contributed by atoms with Crippen LogP contribution in [0.4, 0.5) is 0 Å². The highest BCUT2D eigenvalue weighted by atomic mass is 35.5. The molecule has 1 saturated heterocycles. The van der Waals surface area contributed by atoms with Gasteiger partial charge in [-0.25, -0.2) is 4.98 Å². The number of hydrogen-bond acceptors (Lipinski definition) is 5. The molecular weight excluding hydrogens is 426 g/mol. The van der Waals surface area contributed by atoms with Crippen LogP contribution in [-0.2, 0) is 14.3 Å². The van der Waals surface area contributed by atoms with Crippen LogP contribution in [0.2, 0.25) is 5.02 Å². The number of carbonyl (C=O) groups excluding carboxylic acids is 2. The molecular formula is C26H26ClNO4. The Morgan fingerprint density at radius 1 is 0.906 bits per heavy atom. The van der Waals surface area contributed by atoms with Crippen molar-refractivity contribution in [3.63, 3.8) is 0 Å². The second kappa shape index (κ2) is 7.68. The van der Waals surface area contributed by atoms with E-state index in [0.717, 1.165) is 27.6 Å². The van der Waals surface area contributed by atoms with Crippen molar-refractivity contribution in [2.45, 2.75) is 58.7 Å². The molecule has 1 fully saturated rings. The maximum absolute atomic E-state index is 13.2. The Labute approximate surface area is 192 Å². The first-order valence-corrected chi connectivity index (χ1v) is 10.9. The second-order valence-electron chi connectivity index (χ2n) is 9.34. The largest absolute Gasteiger partial charge is 0.439 e. The van der Waals surface area contributed by atoms with Gasteiger partial charge in [-0.15, -0.1) is 0 Å². The van der Waals surface area contributed by atoms with E-state index >= 15 is 0 Å². The van der Waals surface area contributed by atoms with Gasteiger partial charge in [0.05, 0.1) is 5.52 Å². The number of benzene rings is 2. The molecule has 0 spiro atoms. The van der Waals surface area contributed by atoms with Crippen LogP contribution >= 0.6 is 11.6 Å². The molecule has 32 heavy (non-hydrogen) atoms. The van der Waals surface area contributed by atoms with E-state index in [4.69, 9.17) is 21.1 Å². The van der Waals surface area contributed by atoms with E-state index in [2.05, 4.69) is 4.98 Å². The summed E-state index contributed by atoms with van der Waals surface area (Å²) in [6, 6.07) is 12.8. The van der Waals surface area contributed by atoms with Gasteiger partial charge in [0.25, 0.3) is 0 Å². The molecule has 0 amide bonds. The van der Waals surface area contributed by atoms with Crippen LogP contribution < -0.4 is 4.74 Å². The molecule has 6 heteroatoms. The fourth-order valence-corrected chi connectivity index (χ4v) is 4.70. The predicted octanol–water partition coefficient (Wildman–Crippen LogP) is 6.11. The van der Waals surface area contributed by atoms with Gasteiger partial charge in [0, 0.05) is 16.5 Å². The highest BCUT2D eigenvalue weighted by Gasteiger charge is 2.53. The summed E-state index contributed by atoms with van der Waals surface area (Å²) < 4.78 is 11.8. The lowest BCUT2D eigenvalue weighted by molar-refractivity contribution is -0.184. The molecule has 0 N–H and O–H groups in total. The lowest BCUT2D eigenvalue weighted by Gasteiger charge is -2.43. The molecule has 4 rings (SSSR count). The van der Waals surface area contributed by atoms with Crippen LogP contribution in [0.25, 0.3) is 10.9 Å². The van der Waals surface area contributed by atoms with Crippen molar-refractivity contribution in [3.05, 3.63) is 64.2 Å². The number of Topliss-reactive ketones (excluding diaryl/α,β-unsaturated/α-hetero) is 2. The summed E-state index contributed by atoms with van der Waals surface area (Å²) in [6.45, 7) is 10.7. The van der Waals surface area contributed by atoms with Gasteiger partial charge in [-0.1, -0.05) is 11.6 Å². The highest BCUT2D eigenvalue weighted by Crippen LogP contribution is 2.41. The predicted molar refractivity (Wildman–Crippen MR) is 125 cm³/mol. The van der Waals surface area contributed by atoms with Crippen LogP contribution in [0.1, 0.15) is 50.3 Å². The van der Waals surface area contributed by atoms with Crippen molar-refractivity contribution < 1.29 is 19.1 Å². The molecule has 2 aromatic carbocycles. The Morgan fingerprint density at radius 3 is 2.09 bits per heavy atom. The van der Waals surface area contributed by atoms with E-state index in [1.54, 1.807) is 39.8 Å². The summed E-state index contributed by atoms with van der Waals surface area (Å²) >= 11 is 6.04. The Balaban J connectivity index is 1.70. The van der Waals surface area contributed by atoms with Gasteiger partial charge < -0.3 is 9.47 Å². The average molecular weight is 452 g/mol. The van der Waals surface area contributed by atoms with Gasteiger partial charge in [-0.05, 0) is 94.6 Å². The molecule has 0 saturated carbocycles. The SMILES string of the molecule is Cc1cc(Oc2ccc3cc(Cl)ccc3n2)cc(C)c1C1C(=O)C(C)(C)OC(C)(C)C1=O. The summed E-state index contributed by atoms with van der Waals surface area (Å²) in [7, 11) is 0. The number of pyridine rings is 1. The summed E-state index contributed by atoms with van der Waals surface area (Å²) in [6.07, 6.45) is 0. The number of fused-ring (bicyclic) bond motifs is 1. The van der Waals surface area contributed by atoms with Crippen molar-refractivity contribution in [2.75, 3.05) is 0 Å². The molecule has 166 valence electrons. The molecule has 5 nitrogen and oxygen atoms in total. The van der Waals surface area contributed by atoms with Crippen molar-refractivity contribution in [3.8, 4) is 11.6 Å². The van der Waals surface area contributed by atoms with E-state index in [0.29, 0.717) is 16.7 Å². The third-order valence-electron chi connectivity index (χ3n) is 5.93. The van der Waals surface area contributed by atoms with Gasteiger partial charge in [-0.3, -0.25) is 9.59 Å². The maximum Gasteiger partial charge on any atom is 0.219 e. The van der Waals surface area contributed by atoms with Gasteiger partial charge in [0.1, 0.15) is 22.9 Å². The monoisotopic (exact) mass is 451 g/mol. The van der Waals surface area contributed by atoms with E-state index in [-0.39, 0.29) is 11.6 Å². The third kappa shape index (κ3) is 3.91. The molecule has 2 heterocycles. The summed E-state index contributed by atoms with van der Waals surface area (Å²) in [5.41, 5.74) is 1.03. The highest BCUT2D eigenvalue weighted by molar-refractivity contribution is 6.31. The molecule has 1 aromatic heterocycles. The Bertz CT molecular complexity index is 1210. The van der Waals surface area contributed by atoms with Crippen molar-refractivity contribution in [1.82, 2.24) is 4.98 Å². The molecule has 0 atom stereocenters. The normalized spacial score (nSPS) is 18.2. The Hall–Kier alpha value is -2.76. The number of ether oxygens (including phenoxy) is 2. The lowest BCUT2D eigenvalue weighted by Crippen LogP contribution is -2.58. The quantitative estimate of drug-likeness (QED) is 0.449. The molecule has 0 bridgehead atoms. The molecule has 0 aliphatic carbocycles. The van der Waals surface area contributed by atoms with Crippen LogP contribution in [0.5, 0.6) is 11.6 Å².